The third-order valence-electron chi connectivity index (χ3n) is 2.12. The molecule has 0 aliphatic carbocycles. The van der Waals surface area contributed by atoms with E-state index in [9.17, 15) is 9.18 Å². The standard InChI is InChI=1S/C12H16FNO2S/c1-2-16-12(15)8-17-7-11(14)9-3-5-10(13)6-4-9/h3-6,11H,2,7-8,14H2,1H3. The van der Waals surface area contributed by atoms with E-state index < -0.39 is 0 Å². The number of halogens is 1. The van der Waals surface area contributed by atoms with Crippen LogP contribution in [0.5, 0.6) is 0 Å². The number of hydrogen-bond donors (Lipinski definition) is 1. The predicted octanol–water partition coefficient (Wildman–Crippen LogP) is 2.12. The lowest BCUT2D eigenvalue weighted by Gasteiger charge is -2.11. The Morgan fingerprint density at radius 3 is 2.71 bits per heavy atom. The lowest BCUT2D eigenvalue weighted by atomic mass is 10.1. The van der Waals surface area contributed by atoms with Gasteiger partial charge in [0.1, 0.15) is 5.82 Å². The Hall–Kier alpha value is -1.07. The maximum atomic E-state index is 12.7. The van der Waals surface area contributed by atoms with Crippen molar-refractivity contribution in [3.05, 3.63) is 35.6 Å². The maximum absolute atomic E-state index is 12.7. The Balaban J connectivity index is 2.32. The zero-order valence-electron chi connectivity index (χ0n) is 9.69. The Morgan fingerprint density at radius 1 is 1.47 bits per heavy atom. The molecule has 3 nitrogen and oxygen atoms in total. The molecular formula is C12H16FNO2S. The quantitative estimate of drug-likeness (QED) is 0.793. The van der Waals surface area contributed by atoms with Crippen LogP contribution in [0.2, 0.25) is 0 Å². The van der Waals surface area contributed by atoms with Gasteiger partial charge >= 0.3 is 5.97 Å². The van der Waals surface area contributed by atoms with Crippen LogP contribution < -0.4 is 5.73 Å². The van der Waals surface area contributed by atoms with Gasteiger partial charge in [0.2, 0.25) is 0 Å². The molecule has 1 aromatic rings. The lowest BCUT2D eigenvalue weighted by molar-refractivity contribution is -0.139. The van der Waals surface area contributed by atoms with E-state index in [1.165, 1.54) is 23.9 Å². The van der Waals surface area contributed by atoms with Gasteiger partial charge < -0.3 is 10.5 Å². The zero-order valence-corrected chi connectivity index (χ0v) is 10.5. The second kappa shape index (κ2) is 7.29. The first-order chi connectivity index (χ1) is 8.13. The van der Waals surface area contributed by atoms with Crippen molar-refractivity contribution in [1.29, 1.82) is 0 Å². The van der Waals surface area contributed by atoms with Gasteiger partial charge in [0.15, 0.2) is 0 Å². The molecule has 5 heteroatoms. The summed E-state index contributed by atoms with van der Waals surface area (Å²) in [5, 5.41) is 0. The van der Waals surface area contributed by atoms with Crippen LogP contribution in [0, 0.1) is 5.82 Å². The van der Waals surface area contributed by atoms with Gasteiger partial charge in [-0.3, -0.25) is 4.79 Å². The number of esters is 1. The number of ether oxygens (including phenoxy) is 1. The van der Waals surface area contributed by atoms with Crippen LogP contribution in [-0.4, -0.2) is 24.1 Å². The monoisotopic (exact) mass is 257 g/mol. The van der Waals surface area contributed by atoms with Crippen molar-refractivity contribution in [3.63, 3.8) is 0 Å². The number of carbonyl (C=O) groups excluding carboxylic acids is 1. The average Bonchev–Trinajstić information content (AvgIpc) is 2.30. The number of nitrogens with two attached hydrogens (primary N) is 1. The van der Waals surface area contributed by atoms with E-state index in [1.54, 1.807) is 19.1 Å². The van der Waals surface area contributed by atoms with E-state index >= 15 is 0 Å². The van der Waals surface area contributed by atoms with Gasteiger partial charge in [0.25, 0.3) is 0 Å². The lowest BCUT2D eigenvalue weighted by Crippen LogP contribution is -2.15. The van der Waals surface area contributed by atoms with Gasteiger partial charge in [-0.05, 0) is 24.6 Å². The molecular weight excluding hydrogens is 241 g/mol. The first kappa shape index (κ1) is 14.0. The number of rotatable bonds is 6. The highest BCUT2D eigenvalue weighted by atomic mass is 32.2. The van der Waals surface area contributed by atoms with Crippen LogP contribution in [-0.2, 0) is 9.53 Å². The minimum Gasteiger partial charge on any atom is -0.465 e. The molecule has 0 saturated carbocycles. The normalized spacial score (nSPS) is 12.2. The largest absolute Gasteiger partial charge is 0.465 e. The van der Waals surface area contributed by atoms with Crippen molar-refractivity contribution in [2.75, 3.05) is 18.1 Å². The van der Waals surface area contributed by atoms with E-state index in [0.29, 0.717) is 18.1 Å². The molecule has 0 bridgehead atoms. The highest BCUT2D eigenvalue weighted by Crippen LogP contribution is 2.16. The average molecular weight is 257 g/mol. The molecule has 0 amide bonds. The number of thioether (sulfide) groups is 1. The summed E-state index contributed by atoms with van der Waals surface area (Å²) in [6.45, 7) is 2.16. The molecule has 1 aromatic carbocycles. The van der Waals surface area contributed by atoms with E-state index in [4.69, 9.17) is 10.5 Å². The fourth-order valence-electron chi connectivity index (χ4n) is 1.28. The van der Waals surface area contributed by atoms with E-state index in [-0.39, 0.29) is 17.8 Å². The highest BCUT2D eigenvalue weighted by molar-refractivity contribution is 7.99. The van der Waals surface area contributed by atoms with Crippen molar-refractivity contribution in [2.45, 2.75) is 13.0 Å². The Bertz CT molecular complexity index is 356. The van der Waals surface area contributed by atoms with Crippen LogP contribution in [0.3, 0.4) is 0 Å². The molecule has 17 heavy (non-hydrogen) atoms. The third kappa shape index (κ3) is 5.19. The van der Waals surface area contributed by atoms with Crippen LogP contribution in [0.4, 0.5) is 4.39 Å². The van der Waals surface area contributed by atoms with E-state index in [0.717, 1.165) is 5.56 Å². The van der Waals surface area contributed by atoms with Gasteiger partial charge in [-0.1, -0.05) is 12.1 Å². The minimum atomic E-state index is -0.278. The summed E-state index contributed by atoms with van der Waals surface area (Å²) in [4.78, 5) is 11.1. The molecule has 0 radical (unpaired) electrons. The zero-order chi connectivity index (χ0) is 12.7. The summed E-state index contributed by atoms with van der Waals surface area (Å²) in [5.74, 6) is 0.386. The van der Waals surface area contributed by atoms with Crippen LogP contribution in [0.15, 0.2) is 24.3 Å². The van der Waals surface area contributed by atoms with E-state index in [2.05, 4.69) is 0 Å². The second-order valence-electron chi connectivity index (χ2n) is 3.48. The first-order valence-electron chi connectivity index (χ1n) is 5.38. The SMILES string of the molecule is CCOC(=O)CSCC(N)c1ccc(F)cc1. The molecule has 0 aliphatic rings. The summed E-state index contributed by atoms with van der Waals surface area (Å²) < 4.78 is 17.5. The van der Waals surface area contributed by atoms with Crippen molar-refractivity contribution in [1.82, 2.24) is 0 Å². The molecule has 1 unspecified atom stereocenters. The molecule has 94 valence electrons. The number of carbonyl (C=O) groups is 1. The molecule has 0 aliphatic heterocycles. The molecule has 2 N–H and O–H groups in total. The van der Waals surface area contributed by atoms with Gasteiger partial charge in [0, 0.05) is 11.8 Å². The van der Waals surface area contributed by atoms with Crippen molar-refractivity contribution >= 4 is 17.7 Å². The summed E-state index contributed by atoms with van der Waals surface area (Å²) in [7, 11) is 0. The molecule has 0 fully saturated rings. The fourth-order valence-corrected chi connectivity index (χ4v) is 2.09. The molecule has 0 spiro atoms. The summed E-state index contributed by atoms with van der Waals surface area (Å²) in [5.41, 5.74) is 6.77. The predicted molar refractivity (Wildman–Crippen MR) is 67.3 cm³/mol. The van der Waals surface area contributed by atoms with Crippen LogP contribution in [0.25, 0.3) is 0 Å². The van der Waals surface area contributed by atoms with Crippen molar-refractivity contribution < 1.29 is 13.9 Å². The van der Waals surface area contributed by atoms with Crippen LogP contribution >= 0.6 is 11.8 Å². The van der Waals surface area contributed by atoms with Gasteiger partial charge in [-0.2, -0.15) is 0 Å². The van der Waals surface area contributed by atoms with E-state index in [1.807, 2.05) is 0 Å². The Labute approximate surface area is 105 Å². The maximum Gasteiger partial charge on any atom is 0.315 e. The molecule has 0 saturated heterocycles. The summed E-state index contributed by atoms with van der Waals surface area (Å²) >= 11 is 1.42. The fraction of sp³-hybridized carbons (Fsp3) is 0.417. The van der Waals surface area contributed by atoms with Crippen molar-refractivity contribution in [3.8, 4) is 0 Å². The van der Waals surface area contributed by atoms with Crippen molar-refractivity contribution in [2.24, 2.45) is 5.73 Å². The second-order valence-corrected chi connectivity index (χ2v) is 4.51. The summed E-state index contributed by atoms with van der Waals surface area (Å²) in [6, 6.07) is 5.88. The first-order valence-corrected chi connectivity index (χ1v) is 6.53. The minimum absolute atomic E-state index is 0.199. The van der Waals surface area contributed by atoms with Crippen LogP contribution in [0.1, 0.15) is 18.5 Å². The molecule has 0 heterocycles. The highest BCUT2D eigenvalue weighted by Gasteiger charge is 2.08. The molecule has 1 rings (SSSR count). The van der Waals surface area contributed by atoms with Gasteiger partial charge in [-0.25, -0.2) is 4.39 Å². The Morgan fingerprint density at radius 2 is 2.12 bits per heavy atom. The third-order valence-corrected chi connectivity index (χ3v) is 3.16. The van der Waals surface area contributed by atoms with Gasteiger partial charge in [0.05, 0.1) is 12.4 Å². The number of hydrogen-bond acceptors (Lipinski definition) is 4. The van der Waals surface area contributed by atoms with Gasteiger partial charge in [-0.15, -0.1) is 11.8 Å². The molecule has 1 atom stereocenters. The topological polar surface area (TPSA) is 52.3 Å². The number of benzene rings is 1. The Kier molecular flexibility index (Phi) is 6.00. The molecule has 0 aromatic heterocycles. The summed E-state index contributed by atoms with van der Waals surface area (Å²) in [6.07, 6.45) is 0. The smallest absolute Gasteiger partial charge is 0.315 e.